The van der Waals surface area contributed by atoms with Gasteiger partial charge in [0.1, 0.15) is 17.2 Å². The van der Waals surface area contributed by atoms with Crippen molar-refractivity contribution in [2.45, 2.75) is 0 Å². The maximum Gasteiger partial charge on any atom is 0.278 e. The van der Waals surface area contributed by atoms with Crippen LogP contribution in [0.1, 0.15) is 5.56 Å². The predicted molar refractivity (Wildman–Crippen MR) is 133 cm³/mol. The molecule has 0 unspecified atom stereocenters. The van der Waals surface area contributed by atoms with Gasteiger partial charge in [-0.15, -0.1) is 11.3 Å². The van der Waals surface area contributed by atoms with Crippen LogP contribution in [-0.4, -0.2) is 39.5 Å². The van der Waals surface area contributed by atoms with Gasteiger partial charge in [0.05, 0.1) is 23.2 Å². The highest BCUT2D eigenvalue weighted by Gasteiger charge is 2.16. The molecule has 0 fully saturated rings. The summed E-state index contributed by atoms with van der Waals surface area (Å²) < 4.78 is 20.3. The van der Waals surface area contributed by atoms with Gasteiger partial charge in [0.2, 0.25) is 4.80 Å². The summed E-state index contributed by atoms with van der Waals surface area (Å²) in [5.74, 6) is 0.900. The molecule has 34 heavy (non-hydrogen) atoms. The monoisotopic (exact) mass is 517 g/mol. The predicted octanol–water partition coefficient (Wildman–Crippen LogP) is 5.72. The van der Waals surface area contributed by atoms with Crippen LogP contribution in [0.25, 0.3) is 22.7 Å². The normalized spacial score (nSPS) is 12.0. The molecule has 0 aliphatic rings. The van der Waals surface area contributed by atoms with Crippen molar-refractivity contribution in [1.29, 1.82) is 0 Å². The second kappa shape index (κ2) is 10.8. The number of benzene rings is 2. The average Bonchev–Trinajstić information content (AvgIpc) is 3.45. The summed E-state index contributed by atoms with van der Waals surface area (Å²) in [6.07, 6.45) is 3.36. The van der Waals surface area contributed by atoms with Crippen LogP contribution >= 0.6 is 34.7 Å². The van der Waals surface area contributed by atoms with Gasteiger partial charge in [-0.1, -0.05) is 16.8 Å². The molecule has 0 aliphatic heterocycles. The number of hydrogen-bond acceptors (Lipinski definition) is 8. The molecule has 0 saturated heterocycles. The number of thiazole rings is 1. The lowest BCUT2D eigenvalue weighted by Crippen LogP contribution is -2.13. The number of thioether (sulfide) groups is 1. The summed E-state index contributed by atoms with van der Waals surface area (Å²) in [4.78, 5) is 16.1. The molecule has 174 valence electrons. The molecule has 0 saturated carbocycles. The van der Waals surface area contributed by atoms with Gasteiger partial charge >= 0.3 is 0 Å². The SMILES string of the molecule is CSCCN=c1scc(-c2cc(-c3ccc(F)cc3)no2)n1/N=C/c1cc(Cl)ccc1[N+](=O)[O-]. The average molecular weight is 518 g/mol. The van der Waals surface area contributed by atoms with Crippen molar-refractivity contribution >= 4 is 46.6 Å². The van der Waals surface area contributed by atoms with Crippen molar-refractivity contribution in [1.82, 2.24) is 9.83 Å². The van der Waals surface area contributed by atoms with Crippen LogP contribution in [-0.2, 0) is 0 Å². The Morgan fingerprint density at radius 2 is 2.09 bits per heavy atom. The number of rotatable bonds is 8. The third kappa shape index (κ3) is 5.44. The zero-order valence-electron chi connectivity index (χ0n) is 17.7. The standard InChI is InChI=1S/C22H17ClFN5O3S2/c1-33-9-8-25-22-28(26-12-15-10-16(23)4-7-19(15)29(30)31)20(13-34-22)21-11-18(27-32-21)14-2-5-17(24)6-3-14/h2-7,10-13H,8-9H2,1H3/b25-22?,26-12+. The number of nitro groups is 1. The number of aromatic nitrogens is 2. The Bertz CT molecular complexity index is 1410. The molecular weight excluding hydrogens is 501 g/mol. The largest absolute Gasteiger partial charge is 0.354 e. The Balaban J connectivity index is 1.77. The first-order valence-corrected chi connectivity index (χ1v) is 12.5. The molecule has 0 N–H and O–H groups in total. The summed E-state index contributed by atoms with van der Waals surface area (Å²) >= 11 is 9.06. The highest BCUT2D eigenvalue weighted by atomic mass is 35.5. The van der Waals surface area contributed by atoms with Crippen molar-refractivity contribution in [3.63, 3.8) is 0 Å². The molecule has 0 radical (unpaired) electrons. The van der Waals surface area contributed by atoms with E-state index < -0.39 is 4.92 Å². The van der Waals surface area contributed by atoms with Gasteiger partial charge in [-0.3, -0.25) is 15.1 Å². The van der Waals surface area contributed by atoms with Crippen LogP contribution in [0.15, 0.2) is 68.5 Å². The van der Waals surface area contributed by atoms with Crippen molar-refractivity contribution in [2.75, 3.05) is 18.6 Å². The van der Waals surface area contributed by atoms with E-state index in [-0.39, 0.29) is 17.1 Å². The Morgan fingerprint density at radius 1 is 1.29 bits per heavy atom. The van der Waals surface area contributed by atoms with Crippen molar-refractivity contribution in [3.05, 3.63) is 85.2 Å². The smallest absolute Gasteiger partial charge is 0.278 e. The maximum atomic E-state index is 13.3. The minimum atomic E-state index is -0.494. The van der Waals surface area contributed by atoms with E-state index in [1.54, 1.807) is 34.6 Å². The lowest BCUT2D eigenvalue weighted by Gasteiger charge is -2.01. The molecule has 8 nitrogen and oxygen atoms in total. The first-order chi connectivity index (χ1) is 16.5. The van der Waals surface area contributed by atoms with Crippen LogP contribution < -0.4 is 4.80 Å². The van der Waals surface area contributed by atoms with Gasteiger partial charge in [0.15, 0.2) is 5.76 Å². The fourth-order valence-electron chi connectivity index (χ4n) is 2.99. The van der Waals surface area contributed by atoms with Gasteiger partial charge < -0.3 is 4.52 Å². The lowest BCUT2D eigenvalue weighted by molar-refractivity contribution is -0.385. The molecule has 2 aromatic carbocycles. The molecule has 0 bridgehead atoms. The van der Waals surface area contributed by atoms with E-state index in [9.17, 15) is 14.5 Å². The van der Waals surface area contributed by atoms with Gasteiger partial charge in [-0.05, 0) is 42.7 Å². The highest BCUT2D eigenvalue weighted by Crippen LogP contribution is 2.27. The van der Waals surface area contributed by atoms with E-state index in [1.165, 1.54) is 47.9 Å². The Hall–Kier alpha value is -3.28. The molecule has 4 rings (SSSR count). The van der Waals surface area contributed by atoms with Crippen molar-refractivity contribution in [2.24, 2.45) is 10.1 Å². The van der Waals surface area contributed by atoms with E-state index in [0.29, 0.717) is 39.1 Å². The van der Waals surface area contributed by atoms with Gasteiger partial charge in [-0.25, -0.2) is 9.07 Å². The number of nitrogens with zero attached hydrogens (tertiary/aromatic N) is 5. The maximum absolute atomic E-state index is 13.3. The fraction of sp³-hybridized carbons (Fsp3) is 0.136. The molecule has 4 aromatic rings. The second-order valence-corrected chi connectivity index (χ2v) is 9.14. The summed E-state index contributed by atoms with van der Waals surface area (Å²) in [7, 11) is 0. The molecule has 12 heteroatoms. The minimum Gasteiger partial charge on any atom is -0.354 e. The summed E-state index contributed by atoms with van der Waals surface area (Å²) in [5.41, 5.74) is 1.92. The van der Waals surface area contributed by atoms with Crippen LogP contribution in [0, 0.1) is 15.9 Å². The summed E-state index contributed by atoms with van der Waals surface area (Å²) in [6.45, 7) is 0.575. The molecule has 2 heterocycles. The summed E-state index contributed by atoms with van der Waals surface area (Å²) in [5, 5.41) is 22.1. The zero-order chi connectivity index (χ0) is 24.1. The van der Waals surface area contributed by atoms with E-state index in [2.05, 4.69) is 15.3 Å². The second-order valence-electron chi connectivity index (χ2n) is 6.88. The van der Waals surface area contributed by atoms with E-state index in [1.807, 2.05) is 11.6 Å². The topological polar surface area (TPSA) is 98.8 Å². The van der Waals surface area contributed by atoms with Gasteiger partial charge in [0, 0.05) is 33.9 Å². The van der Waals surface area contributed by atoms with Gasteiger partial charge in [-0.2, -0.15) is 16.9 Å². The van der Waals surface area contributed by atoms with Crippen LogP contribution in [0.4, 0.5) is 10.1 Å². The Kier molecular flexibility index (Phi) is 7.56. The van der Waals surface area contributed by atoms with Crippen LogP contribution in [0.2, 0.25) is 5.02 Å². The van der Waals surface area contributed by atoms with Crippen molar-refractivity contribution in [3.8, 4) is 22.7 Å². The Labute approximate surface area is 206 Å². The first kappa shape index (κ1) is 23.9. The van der Waals surface area contributed by atoms with Gasteiger partial charge in [0.25, 0.3) is 5.69 Å². The Morgan fingerprint density at radius 3 is 2.82 bits per heavy atom. The number of hydrogen-bond donors (Lipinski definition) is 0. The molecule has 0 atom stereocenters. The molecular formula is C22H17ClFN5O3S2. The van der Waals surface area contributed by atoms with E-state index in [0.717, 1.165) is 5.75 Å². The molecule has 0 aliphatic carbocycles. The third-order valence-electron chi connectivity index (χ3n) is 4.63. The molecule has 0 spiro atoms. The third-order valence-corrected chi connectivity index (χ3v) is 6.31. The van der Waals surface area contributed by atoms with Crippen LogP contribution in [0.5, 0.6) is 0 Å². The van der Waals surface area contributed by atoms with Crippen molar-refractivity contribution < 1.29 is 13.8 Å². The molecule has 0 amide bonds. The number of halogens is 2. The quantitative estimate of drug-likeness (QED) is 0.129. The summed E-state index contributed by atoms with van der Waals surface area (Å²) in [6, 6.07) is 11.9. The van der Waals surface area contributed by atoms with E-state index in [4.69, 9.17) is 16.1 Å². The number of nitro benzene ring substituents is 1. The van der Waals surface area contributed by atoms with Crippen LogP contribution in [0.3, 0.4) is 0 Å². The van der Waals surface area contributed by atoms with E-state index >= 15 is 0 Å². The lowest BCUT2D eigenvalue weighted by atomic mass is 10.1. The molecule has 2 aromatic heterocycles. The first-order valence-electron chi connectivity index (χ1n) is 9.87. The zero-order valence-corrected chi connectivity index (χ0v) is 20.1. The highest BCUT2D eigenvalue weighted by molar-refractivity contribution is 7.98. The fourth-order valence-corrected chi connectivity index (χ4v) is 4.29. The minimum absolute atomic E-state index is 0.121.